The Morgan fingerprint density at radius 2 is 1.74 bits per heavy atom. The zero-order valence-electron chi connectivity index (χ0n) is 12.5. The molecule has 0 bridgehead atoms. The Balaban J connectivity index is 1.95. The normalized spacial score (nSPS) is 16.0. The molecule has 1 aliphatic carbocycles. The van der Waals surface area contributed by atoms with Gasteiger partial charge in [-0.25, -0.2) is 9.97 Å². The van der Waals surface area contributed by atoms with Crippen molar-refractivity contribution in [2.24, 2.45) is 0 Å². The van der Waals surface area contributed by atoms with Gasteiger partial charge in [-0.15, -0.1) is 0 Å². The maximum Gasteiger partial charge on any atom is 0.416 e. The highest BCUT2D eigenvalue weighted by molar-refractivity contribution is 5.56. The van der Waals surface area contributed by atoms with Crippen LogP contribution in [0.5, 0.6) is 0 Å². The number of rotatable bonds is 3. The fourth-order valence-corrected chi connectivity index (χ4v) is 3.04. The molecule has 3 rings (SSSR count). The third-order valence-corrected chi connectivity index (χ3v) is 4.28. The maximum atomic E-state index is 12.6. The Kier molecular flexibility index (Phi) is 4.35. The van der Waals surface area contributed by atoms with E-state index in [2.05, 4.69) is 9.97 Å². The zero-order chi connectivity index (χ0) is 16.4. The number of aromatic nitrogens is 2. The number of hydrogen-bond donors (Lipinski definition) is 1. The molecule has 0 unspecified atom stereocenters. The number of hydrogen-bond acceptors (Lipinski definition) is 3. The van der Waals surface area contributed by atoms with Crippen LogP contribution in [0.3, 0.4) is 0 Å². The van der Waals surface area contributed by atoms with Crippen molar-refractivity contribution in [1.82, 2.24) is 9.97 Å². The summed E-state index contributed by atoms with van der Waals surface area (Å²) in [7, 11) is 0. The molecule has 1 aliphatic rings. The van der Waals surface area contributed by atoms with Crippen molar-refractivity contribution < 1.29 is 18.3 Å². The van der Waals surface area contributed by atoms with Gasteiger partial charge in [0.15, 0.2) is 5.82 Å². The number of benzene rings is 1. The predicted molar refractivity (Wildman–Crippen MR) is 79.6 cm³/mol. The topological polar surface area (TPSA) is 46.0 Å². The fraction of sp³-hybridized carbons (Fsp3) is 0.412. The number of halogens is 3. The van der Waals surface area contributed by atoms with E-state index >= 15 is 0 Å². The average Bonchev–Trinajstić information content (AvgIpc) is 3.08. The lowest BCUT2D eigenvalue weighted by atomic mass is 9.99. The molecule has 0 spiro atoms. The van der Waals surface area contributed by atoms with Crippen molar-refractivity contribution in [1.29, 1.82) is 0 Å². The fourth-order valence-electron chi connectivity index (χ4n) is 3.04. The van der Waals surface area contributed by atoms with Gasteiger partial charge in [0.2, 0.25) is 0 Å². The molecule has 0 radical (unpaired) electrons. The Hall–Kier alpha value is -1.95. The Labute approximate surface area is 132 Å². The van der Waals surface area contributed by atoms with E-state index in [4.69, 9.17) is 0 Å². The second-order valence-electron chi connectivity index (χ2n) is 5.82. The van der Waals surface area contributed by atoms with E-state index in [0.29, 0.717) is 22.9 Å². The zero-order valence-corrected chi connectivity index (χ0v) is 12.5. The molecular weight excluding hydrogens is 305 g/mol. The average molecular weight is 322 g/mol. The minimum atomic E-state index is -4.35. The Morgan fingerprint density at radius 1 is 1.09 bits per heavy atom. The molecule has 1 fully saturated rings. The van der Waals surface area contributed by atoms with Crippen molar-refractivity contribution in [2.75, 3.05) is 0 Å². The molecule has 122 valence electrons. The largest absolute Gasteiger partial charge is 0.416 e. The maximum absolute atomic E-state index is 12.6. The number of alkyl halides is 3. The Morgan fingerprint density at radius 3 is 2.30 bits per heavy atom. The molecule has 0 amide bonds. The molecule has 1 saturated carbocycles. The molecule has 2 aromatic rings. The lowest BCUT2D eigenvalue weighted by Gasteiger charge is -2.14. The number of aliphatic hydroxyl groups excluding tert-OH is 1. The van der Waals surface area contributed by atoms with Gasteiger partial charge in [-0.2, -0.15) is 13.2 Å². The molecule has 23 heavy (non-hydrogen) atoms. The van der Waals surface area contributed by atoms with E-state index in [1.54, 1.807) is 6.20 Å². The molecule has 0 atom stereocenters. The molecule has 1 aromatic carbocycles. The third-order valence-electron chi connectivity index (χ3n) is 4.28. The molecule has 6 heteroatoms. The molecular formula is C17H17F3N2O. The first-order valence-electron chi connectivity index (χ1n) is 7.63. The van der Waals surface area contributed by atoms with Crippen LogP contribution in [-0.2, 0) is 12.8 Å². The summed E-state index contributed by atoms with van der Waals surface area (Å²) in [6.45, 7) is -0.126. The summed E-state index contributed by atoms with van der Waals surface area (Å²) in [5.74, 6) is 0.700. The molecule has 0 saturated heterocycles. The summed E-state index contributed by atoms with van der Waals surface area (Å²) in [5, 5.41) is 9.46. The minimum absolute atomic E-state index is 0.126. The summed E-state index contributed by atoms with van der Waals surface area (Å²) >= 11 is 0. The second kappa shape index (κ2) is 6.28. The van der Waals surface area contributed by atoms with E-state index in [1.807, 2.05) is 0 Å². The predicted octanol–water partition coefficient (Wildman–Crippen LogP) is 4.31. The molecule has 1 heterocycles. The van der Waals surface area contributed by atoms with Crippen LogP contribution >= 0.6 is 0 Å². The first kappa shape index (κ1) is 15.9. The van der Waals surface area contributed by atoms with Gasteiger partial charge in [0.25, 0.3) is 0 Å². The summed E-state index contributed by atoms with van der Waals surface area (Å²) in [5.41, 5.74) is 1.38. The van der Waals surface area contributed by atoms with Crippen molar-refractivity contribution >= 4 is 0 Å². The number of nitrogens with zero attached hydrogens (tertiary/aromatic N) is 2. The van der Waals surface area contributed by atoms with Gasteiger partial charge in [0, 0.05) is 23.2 Å². The van der Waals surface area contributed by atoms with Crippen LogP contribution in [0.2, 0.25) is 0 Å². The van der Waals surface area contributed by atoms with Crippen LogP contribution in [0.1, 0.15) is 48.4 Å². The van der Waals surface area contributed by atoms with Crippen LogP contribution in [0, 0.1) is 0 Å². The van der Waals surface area contributed by atoms with Crippen molar-refractivity contribution in [3.8, 4) is 11.4 Å². The SMILES string of the molecule is OCc1cnc(-c2ccc(C(F)(F)F)cc2)nc1C1CCCC1. The van der Waals surface area contributed by atoms with Crippen molar-refractivity contribution in [2.45, 2.75) is 44.4 Å². The van der Waals surface area contributed by atoms with Crippen LogP contribution in [0.4, 0.5) is 13.2 Å². The quantitative estimate of drug-likeness (QED) is 0.916. The van der Waals surface area contributed by atoms with E-state index in [0.717, 1.165) is 43.5 Å². The van der Waals surface area contributed by atoms with Gasteiger partial charge in [0.1, 0.15) is 0 Å². The van der Waals surface area contributed by atoms with Crippen LogP contribution in [-0.4, -0.2) is 15.1 Å². The van der Waals surface area contributed by atoms with Gasteiger partial charge >= 0.3 is 6.18 Å². The lowest BCUT2D eigenvalue weighted by Crippen LogP contribution is -2.06. The van der Waals surface area contributed by atoms with E-state index < -0.39 is 11.7 Å². The van der Waals surface area contributed by atoms with Gasteiger partial charge < -0.3 is 5.11 Å². The highest BCUT2D eigenvalue weighted by Gasteiger charge is 2.30. The lowest BCUT2D eigenvalue weighted by molar-refractivity contribution is -0.137. The second-order valence-corrected chi connectivity index (χ2v) is 5.82. The van der Waals surface area contributed by atoms with E-state index in [9.17, 15) is 18.3 Å². The number of aliphatic hydroxyl groups is 1. The van der Waals surface area contributed by atoms with E-state index in [-0.39, 0.29) is 6.61 Å². The summed E-state index contributed by atoms with van der Waals surface area (Å²) in [4.78, 5) is 8.73. The van der Waals surface area contributed by atoms with Crippen LogP contribution < -0.4 is 0 Å². The molecule has 1 N–H and O–H groups in total. The van der Waals surface area contributed by atoms with Gasteiger partial charge in [-0.05, 0) is 25.0 Å². The monoisotopic (exact) mass is 322 g/mol. The smallest absolute Gasteiger partial charge is 0.392 e. The first-order chi connectivity index (χ1) is 11.0. The summed E-state index contributed by atoms with van der Waals surface area (Å²) in [6, 6.07) is 4.84. The highest BCUT2D eigenvalue weighted by Crippen LogP contribution is 2.36. The highest BCUT2D eigenvalue weighted by atomic mass is 19.4. The van der Waals surface area contributed by atoms with Crippen LogP contribution in [0.25, 0.3) is 11.4 Å². The van der Waals surface area contributed by atoms with E-state index in [1.165, 1.54) is 12.1 Å². The molecule has 1 aromatic heterocycles. The van der Waals surface area contributed by atoms with Crippen LogP contribution in [0.15, 0.2) is 30.5 Å². The third kappa shape index (κ3) is 3.37. The Bertz CT molecular complexity index is 677. The summed E-state index contributed by atoms with van der Waals surface area (Å²) < 4.78 is 37.9. The molecule has 0 aliphatic heterocycles. The van der Waals surface area contributed by atoms with Crippen molar-refractivity contribution in [3.05, 3.63) is 47.3 Å². The standard InChI is InChI=1S/C17H17F3N2O/c18-17(19,20)14-7-5-12(6-8-14)16-21-9-13(10-23)15(22-16)11-3-1-2-4-11/h5-9,11,23H,1-4,10H2. The minimum Gasteiger partial charge on any atom is -0.392 e. The first-order valence-corrected chi connectivity index (χ1v) is 7.63. The molecule has 3 nitrogen and oxygen atoms in total. The van der Waals surface area contributed by atoms with Gasteiger partial charge in [0.05, 0.1) is 17.9 Å². The van der Waals surface area contributed by atoms with Gasteiger partial charge in [-0.3, -0.25) is 0 Å². The van der Waals surface area contributed by atoms with Gasteiger partial charge in [-0.1, -0.05) is 25.0 Å². The summed E-state index contributed by atoms with van der Waals surface area (Å²) in [6.07, 6.45) is 1.54. The van der Waals surface area contributed by atoms with Crippen molar-refractivity contribution in [3.63, 3.8) is 0 Å².